The van der Waals surface area contributed by atoms with Gasteiger partial charge in [0, 0.05) is 26.3 Å². The molecule has 124 valence electrons. The van der Waals surface area contributed by atoms with Gasteiger partial charge < -0.3 is 19.1 Å². The topological polar surface area (TPSA) is 48.0 Å². The molecule has 0 unspecified atom stereocenters. The summed E-state index contributed by atoms with van der Waals surface area (Å²) in [6.45, 7) is 2.43. The van der Waals surface area contributed by atoms with Crippen LogP contribution in [0.5, 0.6) is 11.5 Å². The first kappa shape index (κ1) is 17.1. The zero-order valence-electron chi connectivity index (χ0n) is 13.7. The quantitative estimate of drug-likeness (QED) is 0.440. The lowest BCUT2D eigenvalue weighted by Crippen LogP contribution is -2.32. The Balaban J connectivity index is 2.00. The molecule has 5 nitrogen and oxygen atoms in total. The van der Waals surface area contributed by atoms with Crippen molar-refractivity contribution in [3.63, 3.8) is 0 Å². The summed E-state index contributed by atoms with van der Waals surface area (Å²) in [4.78, 5) is 13.9. The molecule has 2 rings (SSSR count). The van der Waals surface area contributed by atoms with Crippen LogP contribution in [0.4, 0.5) is 0 Å². The van der Waals surface area contributed by atoms with Gasteiger partial charge in [-0.25, -0.2) is 0 Å². The summed E-state index contributed by atoms with van der Waals surface area (Å²) < 4.78 is 15.9. The second kappa shape index (κ2) is 9.00. The van der Waals surface area contributed by atoms with Crippen LogP contribution in [0.2, 0.25) is 0 Å². The monoisotopic (exact) mass is 317 g/mol. The van der Waals surface area contributed by atoms with Gasteiger partial charge in [-0.1, -0.05) is 18.2 Å². The van der Waals surface area contributed by atoms with Crippen LogP contribution in [0.15, 0.2) is 36.4 Å². The van der Waals surface area contributed by atoms with Crippen LogP contribution in [-0.4, -0.2) is 51.3 Å². The van der Waals surface area contributed by atoms with Gasteiger partial charge in [0.25, 0.3) is 0 Å². The number of ether oxygens (including phenoxy) is 3. The zero-order chi connectivity index (χ0) is 16.5. The molecular formula is C18H23NO4. The lowest BCUT2D eigenvalue weighted by Gasteiger charge is -2.21. The minimum atomic E-state index is 0.0220. The maximum absolute atomic E-state index is 12.1. The van der Waals surface area contributed by atoms with Crippen molar-refractivity contribution in [2.24, 2.45) is 0 Å². The maximum atomic E-state index is 12.1. The predicted octanol–water partition coefficient (Wildman–Crippen LogP) is 2.52. The fourth-order valence-electron chi connectivity index (χ4n) is 2.26. The van der Waals surface area contributed by atoms with Gasteiger partial charge in [-0.05, 0) is 30.2 Å². The lowest BCUT2D eigenvalue weighted by atomic mass is 10.1. The molecule has 0 radical (unpaired) electrons. The number of carbonyl (C=O) groups excluding carboxylic acids is 1. The van der Waals surface area contributed by atoms with Crippen LogP contribution < -0.4 is 9.47 Å². The number of nitrogens with zero attached hydrogens (tertiary/aromatic N) is 1. The van der Waals surface area contributed by atoms with E-state index >= 15 is 0 Å². The molecule has 1 aromatic carbocycles. The number of hydrogen-bond donors (Lipinski definition) is 0. The van der Waals surface area contributed by atoms with E-state index in [1.165, 1.54) is 0 Å². The molecule has 23 heavy (non-hydrogen) atoms. The Labute approximate surface area is 137 Å². The summed E-state index contributed by atoms with van der Waals surface area (Å²) in [5, 5.41) is 0. The number of carbonyl (C=O) groups is 1. The smallest absolute Gasteiger partial charge is 0.246 e. The molecule has 1 amide bonds. The molecule has 1 aromatic rings. The van der Waals surface area contributed by atoms with Crippen molar-refractivity contribution in [2.45, 2.75) is 6.42 Å². The Hall–Kier alpha value is -2.27. The van der Waals surface area contributed by atoms with Gasteiger partial charge in [-0.3, -0.25) is 4.79 Å². The van der Waals surface area contributed by atoms with Crippen LogP contribution in [-0.2, 0) is 9.53 Å². The van der Waals surface area contributed by atoms with Gasteiger partial charge in [0.1, 0.15) is 6.61 Å². The minimum absolute atomic E-state index is 0.0220. The van der Waals surface area contributed by atoms with Crippen LogP contribution in [0.25, 0.3) is 6.08 Å². The third-order valence-electron chi connectivity index (χ3n) is 3.52. The maximum Gasteiger partial charge on any atom is 0.246 e. The third kappa shape index (κ3) is 5.14. The van der Waals surface area contributed by atoms with E-state index < -0.39 is 0 Å². The second-order valence-electron chi connectivity index (χ2n) is 5.13. The molecule has 1 aliphatic heterocycles. The first-order valence-corrected chi connectivity index (χ1v) is 7.66. The van der Waals surface area contributed by atoms with Crippen LogP contribution >= 0.6 is 0 Å². The van der Waals surface area contributed by atoms with Crippen molar-refractivity contribution >= 4 is 12.0 Å². The number of hydrogen-bond acceptors (Lipinski definition) is 4. The molecule has 0 fully saturated rings. The van der Waals surface area contributed by atoms with E-state index in [1.807, 2.05) is 29.2 Å². The van der Waals surface area contributed by atoms with Crippen molar-refractivity contribution in [3.05, 3.63) is 42.0 Å². The van der Waals surface area contributed by atoms with E-state index in [1.54, 1.807) is 26.4 Å². The van der Waals surface area contributed by atoms with Gasteiger partial charge in [-0.2, -0.15) is 0 Å². The Bertz CT molecular complexity index is 580. The minimum Gasteiger partial charge on any atom is -0.493 e. The Morgan fingerprint density at radius 1 is 1.22 bits per heavy atom. The van der Waals surface area contributed by atoms with Crippen molar-refractivity contribution < 1.29 is 19.0 Å². The third-order valence-corrected chi connectivity index (χ3v) is 3.52. The van der Waals surface area contributed by atoms with Gasteiger partial charge in [0.05, 0.1) is 13.7 Å². The Kier molecular flexibility index (Phi) is 6.69. The summed E-state index contributed by atoms with van der Waals surface area (Å²) in [7, 11) is 3.22. The Morgan fingerprint density at radius 2 is 2.09 bits per heavy atom. The fraction of sp³-hybridized carbons (Fsp3) is 0.389. The highest BCUT2D eigenvalue weighted by Crippen LogP contribution is 2.28. The van der Waals surface area contributed by atoms with Crippen molar-refractivity contribution in [1.82, 2.24) is 4.90 Å². The molecule has 0 atom stereocenters. The Morgan fingerprint density at radius 3 is 2.78 bits per heavy atom. The van der Waals surface area contributed by atoms with E-state index in [0.29, 0.717) is 31.3 Å². The molecule has 1 heterocycles. The van der Waals surface area contributed by atoms with Gasteiger partial charge in [-0.15, -0.1) is 0 Å². The zero-order valence-corrected chi connectivity index (χ0v) is 13.7. The van der Waals surface area contributed by atoms with Crippen LogP contribution in [0.3, 0.4) is 0 Å². The van der Waals surface area contributed by atoms with Crippen LogP contribution in [0, 0.1) is 0 Å². The molecule has 0 saturated heterocycles. The summed E-state index contributed by atoms with van der Waals surface area (Å²) >= 11 is 0. The molecule has 1 aliphatic rings. The van der Waals surface area contributed by atoms with Gasteiger partial charge >= 0.3 is 0 Å². The fourth-order valence-corrected chi connectivity index (χ4v) is 2.26. The molecule has 0 spiro atoms. The molecule has 0 N–H and O–H groups in total. The summed E-state index contributed by atoms with van der Waals surface area (Å²) in [6, 6.07) is 5.58. The molecular weight excluding hydrogens is 294 g/mol. The predicted molar refractivity (Wildman–Crippen MR) is 89.7 cm³/mol. The number of benzene rings is 1. The molecule has 0 aliphatic carbocycles. The van der Waals surface area contributed by atoms with E-state index in [2.05, 4.69) is 6.08 Å². The van der Waals surface area contributed by atoms with Crippen molar-refractivity contribution in [2.75, 3.05) is 40.5 Å². The normalized spacial score (nSPS) is 14.3. The van der Waals surface area contributed by atoms with E-state index in [-0.39, 0.29) is 5.91 Å². The van der Waals surface area contributed by atoms with Gasteiger partial charge in [0.15, 0.2) is 11.5 Å². The van der Waals surface area contributed by atoms with Crippen molar-refractivity contribution in [1.29, 1.82) is 0 Å². The van der Waals surface area contributed by atoms with E-state index in [9.17, 15) is 4.79 Å². The van der Waals surface area contributed by atoms with Crippen molar-refractivity contribution in [3.8, 4) is 11.5 Å². The average molecular weight is 317 g/mol. The number of rotatable bonds is 7. The average Bonchev–Trinajstić information content (AvgIpc) is 2.61. The highest BCUT2D eigenvalue weighted by molar-refractivity contribution is 5.92. The van der Waals surface area contributed by atoms with E-state index in [4.69, 9.17) is 14.2 Å². The standard InChI is InChI=1S/C18H23NO4/c1-21-12-13-23-16-8-6-15(14-17(16)22-2)7-9-18(20)19-10-4-3-5-11-19/h3-4,6-9,14H,5,10-13H2,1-2H3/b9-7+. The SMILES string of the molecule is COCCOc1ccc(/C=C/C(=O)N2CC=CCC2)cc1OC. The highest BCUT2D eigenvalue weighted by atomic mass is 16.5. The second-order valence-corrected chi connectivity index (χ2v) is 5.13. The summed E-state index contributed by atoms with van der Waals surface area (Å²) in [5.41, 5.74) is 0.891. The molecule has 0 saturated carbocycles. The lowest BCUT2D eigenvalue weighted by molar-refractivity contribution is -0.125. The molecule has 0 bridgehead atoms. The highest BCUT2D eigenvalue weighted by Gasteiger charge is 2.10. The first-order valence-electron chi connectivity index (χ1n) is 7.66. The first-order chi connectivity index (χ1) is 11.2. The van der Waals surface area contributed by atoms with Gasteiger partial charge in [0.2, 0.25) is 5.91 Å². The van der Waals surface area contributed by atoms with Crippen LogP contribution in [0.1, 0.15) is 12.0 Å². The summed E-state index contributed by atoms with van der Waals surface area (Å²) in [5.74, 6) is 1.32. The summed E-state index contributed by atoms with van der Waals surface area (Å²) in [6.07, 6.45) is 8.42. The molecule has 5 heteroatoms. The van der Waals surface area contributed by atoms with E-state index in [0.717, 1.165) is 18.5 Å². The largest absolute Gasteiger partial charge is 0.493 e. The molecule has 0 aromatic heterocycles. The number of amides is 1. The number of methoxy groups -OCH3 is 2.